The first kappa shape index (κ1) is 18.7. The predicted molar refractivity (Wildman–Crippen MR) is 108 cm³/mol. The van der Waals surface area contributed by atoms with Crippen LogP contribution in [0.3, 0.4) is 0 Å². The fourth-order valence-corrected chi connectivity index (χ4v) is 5.17. The molecule has 0 bridgehead atoms. The summed E-state index contributed by atoms with van der Waals surface area (Å²) in [5, 5.41) is 1.12. The van der Waals surface area contributed by atoms with E-state index in [2.05, 4.69) is 4.98 Å². The third-order valence-electron chi connectivity index (χ3n) is 5.45. The Kier molecular flexibility index (Phi) is 4.47. The molecule has 1 aliphatic heterocycles. The monoisotopic (exact) mass is 423 g/mol. The van der Waals surface area contributed by atoms with Crippen molar-refractivity contribution in [3.05, 3.63) is 62.5 Å². The van der Waals surface area contributed by atoms with Crippen molar-refractivity contribution in [2.24, 2.45) is 0 Å². The number of hydrogen-bond donors (Lipinski definition) is 0. The number of aryl methyl sites for hydroxylation is 3. The van der Waals surface area contributed by atoms with Gasteiger partial charge in [-0.3, -0.25) is 19.0 Å². The Bertz CT molecular complexity index is 1240. The Hall–Kier alpha value is -3.33. The molecule has 3 heterocycles. The Morgan fingerprint density at radius 3 is 2.50 bits per heavy atom. The zero-order valence-electron chi connectivity index (χ0n) is 15.9. The van der Waals surface area contributed by atoms with Crippen molar-refractivity contribution in [1.82, 2.24) is 14.6 Å². The average Bonchev–Trinajstić information content (AvgIpc) is 3.25. The molecule has 0 N–H and O–H groups in total. The smallest absolute Gasteiger partial charge is 0.330 e. The summed E-state index contributed by atoms with van der Waals surface area (Å²) in [6, 6.07) is 6.28. The van der Waals surface area contributed by atoms with Gasteiger partial charge in [0.15, 0.2) is 0 Å². The van der Waals surface area contributed by atoms with E-state index in [9.17, 15) is 19.2 Å². The number of benzene rings is 1. The van der Waals surface area contributed by atoms with E-state index in [1.54, 1.807) is 23.5 Å². The number of thiophene rings is 1. The SMILES string of the molecule is O=C(CCn1cnc2sc3c(c2c1=O)CCCC3)ON1C(=O)c2ccccc2C1=O. The maximum absolute atomic E-state index is 12.9. The van der Waals surface area contributed by atoms with E-state index in [1.807, 2.05) is 0 Å². The molecule has 2 amide bonds. The lowest BCUT2D eigenvalue weighted by molar-refractivity contribution is -0.168. The van der Waals surface area contributed by atoms with Crippen molar-refractivity contribution < 1.29 is 19.2 Å². The lowest BCUT2D eigenvalue weighted by Gasteiger charge is -2.13. The summed E-state index contributed by atoms with van der Waals surface area (Å²) in [6.45, 7) is 0.0500. The zero-order chi connectivity index (χ0) is 20.8. The number of carbonyl (C=O) groups excluding carboxylic acids is 3. The lowest BCUT2D eigenvalue weighted by Crippen LogP contribution is -2.33. The minimum Gasteiger partial charge on any atom is -0.330 e. The maximum Gasteiger partial charge on any atom is 0.335 e. The number of hydrogen-bond acceptors (Lipinski definition) is 7. The molecule has 0 fully saturated rings. The van der Waals surface area contributed by atoms with Crippen LogP contribution >= 0.6 is 11.3 Å². The maximum atomic E-state index is 12.9. The zero-order valence-corrected chi connectivity index (χ0v) is 16.7. The van der Waals surface area contributed by atoms with Gasteiger partial charge in [-0.05, 0) is 43.4 Å². The Labute approximate surface area is 174 Å². The Balaban J connectivity index is 1.31. The number of carbonyl (C=O) groups is 3. The second-order valence-electron chi connectivity index (χ2n) is 7.30. The van der Waals surface area contributed by atoms with Crippen LogP contribution in [0.4, 0.5) is 0 Å². The number of rotatable bonds is 4. The molecule has 1 aromatic carbocycles. The highest BCUT2D eigenvalue weighted by Crippen LogP contribution is 2.33. The molecular weight excluding hydrogens is 406 g/mol. The number of aromatic nitrogens is 2. The van der Waals surface area contributed by atoms with Gasteiger partial charge in [-0.25, -0.2) is 9.78 Å². The highest BCUT2D eigenvalue weighted by molar-refractivity contribution is 7.18. The van der Waals surface area contributed by atoms with Gasteiger partial charge < -0.3 is 4.84 Å². The summed E-state index contributed by atoms with van der Waals surface area (Å²) in [5.41, 5.74) is 1.31. The number of amides is 2. The van der Waals surface area contributed by atoms with Gasteiger partial charge in [0.05, 0.1) is 29.3 Å². The van der Waals surface area contributed by atoms with Crippen LogP contribution in [0.1, 0.15) is 50.4 Å². The Morgan fingerprint density at radius 1 is 1.07 bits per heavy atom. The van der Waals surface area contributed by atoms with Gasteiger partial charge in [0.1, 0.15) is 4.83 Å². The molecule has 0 spiro atoms. The molecule has 9 heteroatoms. The minimum atomic E-state index is -0.774. The van der Waals surface area contributed by atoms with E-state index in [0.717, 1.165) is 36.1 Å². The third-order valence-corrected chi connectivity index (χ3v) is 6.65. The quantitative estimate of drug-likeness (QED) is 0.598. The highest BCUT2D eigenvalue weighted by atomic mass is 32.1. The molecule has 30 heavy (non-hydrogen) atoms. The van der Waals surface area contributed by atoms with Crippen LogP contribution in [0.25, 0.3) is 10.2 Å². The lowest BCUT2D eigenvalue weighted by atomic mass is 9.97. The van der Waals surface area contributed by atoms with Crippen LogP contribution in [-0.2, 0) is 29.0 Å². The molecule has 2 aromatic heterocycles. The predicted octanol–water partition coefficient (Wildman–Crippen LogP) is 2.48. The summed E-state index contributed by atoms with van der Waals surface area (Å²) < 4.78 is 1.38. The molecule has 2 aliphatic rings. The van der Waals surface area contributed by atoms with Crippen molar-refractivity contribution in [2.75, 3.05) is 0 Å². The Morgan fingerprint density at radius 2 is 1.77 bits per heavy atom. The highest BCUT2D eigenvalue weighted by Gasteiger charge is 2.38. The first-order chi connectivity index (χ1) is 14.5. The van der Waals surface area contributed by atoms with Crippen molar-refractivity contribution in [2.45, 2.75) is 38.6 Å². The summed E-state index contributed by atoms with van der Waals surface area (Å²) >= 11 is 1.57. The normalized spacial score (nSPS) is 15.4. The van der Waals surface area contributed by atoms with Crippen molar-refractivity contribution in [3.8, 4) is 0 Å². The van der Waals surface area contributed by atoms with Gasteiger partial charge in [-0.1, -0.05) is 17.2 Å². The topological polar surface area (TPSA) is 98.6 Å². The van der Waals surface area contributed by atoms with Gasteiger partial charge in [-0.2, -0.15) is 0 Å². The van der Waals surface area contributed by atoms with Crippen LogP contribution in [0, 0.1) is 0 Å². The van der Waals surface area contributed by atoms with E-state index in [0.29, 0.717) is 10.4 Å². The van der Waals surface area contributed by atoms with Crippen LogP contribution < -0.4 is 5.56 Å². The first-order valence-electron chi connectivity index (χ1n) is 9.73. The molecule has 152 valence electrons. The van der Waals surface area contributed by atoms with Gasteiger partial charge in [0.2, 0.25) is 0 Å². The second-order valence-corrected chi connectivity index (χ2v) is 8.38. The molecule has 0 atom stereocenters. The van der Waals surface area contributed by atoms with Crippen LogP contribution in [0.5, 0.6) is 0 Å². The summed E-state index contributed by atoms with van der Waals surface area (Å²) in [4.78, 5) is 61.1. The van der Waals surface area contributed by atoms with Gasteiger partial charge in [0, 0.05) is 11.4 Å². The molecule has 8 nitrogen and oxygen atoms in total. The molecule has 0 unspecified atom stereocenters. The largest absolute Gasteiger partial charge is 0.335 e. The first-order valence-corrected chi connectivity index (χ1v) is 10.5. The van der Waals surface area contributed by atoms with Crippen LogP contribution in [0.15, 0.2) is 35.4 Å². The molecule has 1 aliphatic carbocycles. The number of imide groups is 1. The second kappa shape index (κ2) is 7.17. The van der Waals surface area contributed by atoms with E-state index < -0.39 is 17.8 Å². The fraction of sp³-hybridized carbons (Fsp3) is 0.286. The van der Waals surface area contributed by atoms with Gasteiger partial charge in [-0.15, -0.1) is 11.3 Å². The van der Waals surface area contributed by atoms with Crippen LogP contribution in [0.2, 0.25) is 0 Å². The van der Waals surface area contributed by atoms with E-state index in [-0.39, 0.29) is 29.7 Å². The molecular formula is C21H17N3O5S. The van der Waals surface area contributed by atoms with Gasteiger partial charge in [0.25, 0.3) is 17.4 Å². The van der Waals surface area contributed by atoms with Crippen LogP contribution in [-0.4, -0.2) is 32.4 Å². The number of hydroxylamine groups is 2. The number of nitrogens with zero attached hydrogens (tertiary/aromatic N) is 3. The summed E-state index contributed by atoms with van der Waals surface area (Å²) in [6.07, 6.45) is 5.28. The molecule has 3 aromatic rings. The third kappa shape index (κ3) is 2.93. The van der Waals surface area contributed by atoms with E-state index in [1.165, 1.54) is 27.9 Å². The van der Waals surface area contributed by atoms with Gasteiger partial charge >= 0.3 is 5.97 Å². The average molecular weight is 423 g/mol. The van der Waals surface area contributed by atoms with Crippen molar-refractivity contribution in [1.29, 1.82) is 0 Å². The molecule has 0 saturated carbocycles. The fourth-order valence-electron chi connectivity index (χ4n) is 3.95. The minimum absolute atomic E-state index is 0.0500. The molecule has 5 rings (SSSR count). The molecule has 0 saturated heterocycles. The standard InChI is InChI=1S/C21H17N3O5S/c25-16(29-24-19(26)12-5-1-2-6-13(12)20(24)27)9-10-23-11-22-18-17(21(23)28)14-7-3-4-8-15(14)30-18/h1-2,5-6,11H,3-4,7-10H2. The van der Waals surface area contributed by atoms with E-state index in [4.69, 9.17) is 4.84 Å². The van der Waals surface area contributed by atoms with E-state index >= 15 is 0 Å². The summed E-state index contributed by atoms with van der Waals surface area (Å²) in [5.74, 6) is -2.12. The number of fused-ring (bicyclic) bond motifs is 4. The molecule has 0 radical (unpaired) electrons. The van der Waals surface area contributed by atoms with Crippen molar-refractivity contribution in [3.63, 3.8) is 0 Å². The summed E-state index contributed by atoms with van der Waals surface area (Å²) in [7, 11) is 0. The van der Waals surface area contributed by atoms with Crippen molar-refractivity contribution >= 4 is 39.3 Å².